The molecular weight excluding hydrogens is 176 g/mol. The lowest BCUT2D eigenvalue weighted by Crippen LogP contribution is -2.42. The fraction of sp³-hybridized carbons (Fsp3) is 0.909. The van der Waals surface area contributed by atoms with Gasteiger partial charge < -0.3 is 10.6 Å². The van der Waals surface area contributed by atoms with Gasteiger partial charge in [0.15, 0.2) is 0 Å². The monoisotopic (exact) mass is 196 g/mol. The second-order valence-electron chi connectivity index (χ2n) is 5.04. The average molecular weight is 196 g/mol. The number of fused-ring (bicyclic) bond motifs is 2. The normalized spacial score (nSPS) is 36.1. The second kappa shape index (κ2) is 3.89. The molecule has 3 nitrogen and oxygen atoms in total. The van der Waals surface area contributed by atoms with E-state index in [1.807, 2.05) is 13.8 Å². The molecule has 80 valence electrons. The molecule has 1 aliphatic heterocycles. The highest BCUT2D eigenvalue weighted by molar-refractivity contribution is 5.78. The van der Waals surface area contributed by atoms with E-state index in [9.17, 15) is 4.79 Å². The molecule has 1 saturated carbocycles. The van der Waals surface area contributed by atoms with Crippen molar-refractivity contribution in [2.75, 3.05) is 6.54 Å². The van der Waals surface area contributed by atoms with Crippen LogP contribution in [0, 0.1) is 11.8 Å². The van der Waals surface area contributed by atoms with Crippen molar-refractivity contribution in [3.05, 3.63) is 0 Å². The van der Waals surface area contributed by atoms with Crippen LogP contribution in [-0.2, 0) is 4.79 Å². The van der Waals surface area contributed by atoms with E-state index in [4.69, 9.17) is 0 Å². The van der Waals surface area contributed by atoms with Gasteiger partial charge in [0.25, 0.3) is 0 Å². The smallest absolute Gasteiger partial charge is 0.222 e. The summed E-state index contributed by atoms with van der Waals surface area (Å²) in [5.74, 6) is 1.12. The van der Waals surface area contributed by atoms with E-state index < -0.39 is 0 Å². The van der Waals surface area contributed by atoms with E-state index in [0.29, 0.717) is 12.1 Å². The number of rotatable bonds is 2. The van der Waals surface area contributed by atoms with Crippen LogP contribution in [0.3, 0.4) is 0 Å². The lowest BCUT2D eigenvalue weighted by atomic mass is 9.86. The van der Waals surface area contributed by atoms with Crippen molar-refractivity contribution in [3.63, 3.8) is 0 Å². The topological polar surface area (TPSA) is 41.1 Å². The molecule has 2 rings (SSSR count). The molecule has 1 heterocycles. The van der Waals surface area contributed by atoms with Crippen molar-refractivity contribution < 1.29 is 4.79 Å². The third kappa shape index (κ3) is 2.08. The summed E-state index contributed by atoms with van der Waals surface area (Å²) in [5, 5.41) is 6.64. The summed E-state index contributed by atoms with van der Waals surface area (Å²) < 4.78 is 0. The zero-order valence-electron chi connectivity index (χ0n) is 9.05. The predicted octanol–water partition coefficient (Wildman–Crippen LogP) is 0.899. The first-order chi connectivity index (χ1) is 6.65. The van der Waals surface area contributed by atoms with Gasteiger partial charge in [0.1, 0.15) is 0 Å². The van der Waals surface area contributed by atoms with Crippen LogP contribution in [0.2, 0.25) is 0 Å². The van der Waals surface area contributed by atoms with Gasteiger partial charge in [-0.25, -0.2) is 0 Å². The molecule has 2 fully saturated rings. The lowest BCUT2D eigenvalue weighted by molar-refractivity contribution is -0.125. The van der Waals surface area contributed by atoms with Crippen molar-refractivity contribution in [1.29, 1.82) is 0 Å². The van der Waals surface area contributed by atoms with E-state index in [1.165, 1.54) is 12.8 Å². The summed E-state index contributed by atoms with van der Waals surface area (Å²) in [5.41, 5.74) is 0. The Morgan fingerprint density at radius 1 is 1.36 bits per heavy atom. The maximum atomic E-state index is 11.5. The zero-order valence-corrected chi connectivity index (χ0v) is 9.05. The molecule has 1 aliphatic carbocycles. The summed E-state index contributed by atoms with van der Waals surface area (Å²) in [6.07, 6.45) is 3.60. The highest BCUT2D eigenvalue weighted by atomic mass is 16.1. The molecule has 1 saturated heterocycles. The molecule has 0 aromatic carbocycles. The van der Waals surface area contributed by atoms with Gasteiger partial charge in [-0.1, -0.05) is 13.8 Å². The lowest BCUT2D eigenvalue weighted by Gasteiger charge is -2.28. The third-order valence-corrected chi connectivity index (χ3v) is 3.37. The van der Waals surface area contributed by atoms with Crippen LogP contribution in [0.1, 0.15) is 33.1 Å². The first kappa shape index (κ1) is 9.97. The summed E-state index contributed by atoms with van der Waals surface area (Å²) in [6.45, 7) is 5.05. The molecule has 2 N–H and O–H groups in total. The fourth-order valence-corrected chi connectivity index (χ4v) is 2.59. The van der Waals surface area contributed by atoms with Crippen LogP contribution < -0.4 is 10.6 Å². The van der Waals surface area contributed by atoms with Crippen LogP contribution in [0.5, 0.6) is 0 Å². The van der Waals surface area contributed by atoms with Crippen LogP contribution in [-0.4, -0.2) is 24.5 Å². The third-order valence-electron chi connectivity index (χ3n) is 3.37. The van der Waals surface area contributed by atoms with E-state index in [-0.39, 0.29) is 11.8 Å². The molecule has 0 spiro atoms. The Hall–Kier alpha value is -0.570. The molecule has 1 amide bonds. The van der Waals surface area contributed by atoms with Gasteiger partial charge in [0, 0.05) is 18.0 Å². The van der Waals surface area contributed by atoms with Gasteiger partial charge in [-0.3, -0.25) is 4.79 Å². The van der Waals surface area contributed by atoms with Crippen LogP contribution in [0.15, 0.2) is 0 Å². The number of carbonyl (C=O) groups excluding carboxylic acids is 1. The minimum Gasteiger partial charge on any atom is -0.353 e. The van der Waals surface area contributed by atoms with Gasteiger partial charge >= 0.3 is 0 Å². The van der Waals surface area contributed by atoms with Crippen LogP contribution in [0.25, 0.3) is 0 Å². The van der Waals surface area contributed by atoms with E-state index in [0.717, 1.165) is 18.9 Å². The van der Waals surface area contributed by atoms with Gasteiger partial charge in [-0.2, -0.15) is 0 Å². The molecule has 0 aromatic heterocycles. The standard InChI is InChI=1S/C11H20N2O/c1-7(2)11(14)13-10-4-8-3-9(5-10)12-6-8/h7-10,12H,3-6H2,1-2H3,(H,13,14). The van der Waals surface area contributed by atoms with Gasteiger partial charge in [-0.05, 0) is 31.7 Å². The first-order valence-electron chi connectivity index (χ1n) is 5.69. The number of hydrogen-bond donors (Lipinski definition) is 2. The van der Waals surface area contributed by atoms with Crippen molar-refractivity contribution in [3.8, 4) is 0 Å². The van der Waals surface area contributed by atoms with Crippen molar-refractivity contribution in [1.82, 2.24) is 10.6 Å². The molecular formula is C11H20N2O. The quantitative estimate of drug-likeness (QED) is 0.689. The Kier molecular flexibility index (Phi) is 2.77. The SMILES string of the molecule is CC(C)C(=O)NC1CC2CNC(C2)C1. The van der Waals surface area contributed by atoms with Crippen molar-refractivity contribution in [2.45, 2.75) is 45.2 Å². The zero-order chi connectivity index (χ0) is 10.1. The molecule has 0 aromatic rings. The Morgan fingerprint density at radius 3 is 2.79 bits per heavy atom. The minimum atomic E-state index is 0.113. The van der Waals surface area contributed by atoms with Crippen molar-refractivity contribution in [2.24, 2.45) is 11.8 Å². The van der Waals surface area contributed by atoms with Gasteiger partial charge in [-0.15, -0.1) is 0 Å². The number of carbonyl (C=O) groups is 1. The maximum Gasteiger partial charge on any atom is 0.222 e. The Labute approximate surface area is 85.6 Å². The Balaban J connectivity index is 1.85. The maximum absolute atomic E-state index is 11.5. The molecule has 2 bridgehead atoms. The highest BCUT2D eigenvalue weighted by Gasteiger charge is 2.34. The highest BCUT2D eigenvalue weighted by Crippen LogP contribution is 2.29. The Morgan fingerprint density at radius 2 is 2.14 bits per heavy atom. The summed E-state index contributed by atoms with van der Waals surface area (Å²) in [4.78, 5) is 11.5. The Bertz CT molecular complexity index is 215. The van der Waals surface area contributed by atoms with Gasteiger partial charge in [0.05, 0.1) is 0 Å². The largest absolute Gasteiger partial charge is 0.353 e. The molecule has 3 atom stereocenters. The summed E-state index contributed by atoms with van der Waals surface area (Å²) in [6, 6.07) is 1.08. The second-order valence-corrected chi connectivity index (χ2v) is 5.04. The van der Waals surface area contributed by atoms with E-state index in [1.54, 1.807) is 0 Å². The number of hydrogen-bond acceptors (Lipinski definition) is 2. The predicted molar refractivity (Wildman–Crippen MR) is 55.9 cm³/mol. The van der Waals surface area contributed by atoms with E-state index >= 15 is 0 Å². The number of nitrogens with one attached hydrogen (secondary N) is 2. The van der Waals surface area contributed by atoms with E-state index in [2.05, 4.69) is 10.6 Å². The van der Waals surface area contributed by atoms with Crippen LogP contribution >= 0.6 is 0 Å². The first-order valence-corrected chi connectivity index (χ1v) is 5.69. The molecule has 14 heavy (non-hydrogen) atoms. The van der Waals surface area contributed by atoms with Gasteiger partial charge in [0.2, 0.25) is 5.91 Å². The molecule has 3 heteroatoms. The summed E-state index contributed by atoms with van der Waals surface area (Å²) >= 11 is 0. The van der Waals surface area contributed by atoms with Crippen molar-refractivity contribution >= 4 is 5.91 Å². The fourth-order valence-electron chi connectivity index (χ4n) is 2.59. The summed E-state index contributed by atoms with van der Waals surface area (Å²) in [7, 11) is 0. The molecule has 2 aliphatic rings. The molecule has 0 radical (unpaired) electrons. The van der Waals surface area contributed by atoms with Crippen LogP contribution in [0.4, 0.5) is 0 Å². The number of amides is 1. The minimum absolute atomic E-state index is 0.113. The molecule has 3 unspecified atom stereocenters. The average Bonchev–Trinajstić information content (AvgIpc) is 2.45.